The van der Waals surface area contributed by atoms with E-state index in [4.69, 9.17) is 16.0 Å². The van der Waals surface area contributed by atoms with E-state index >= 15 is 0 Å². The third-order valence-electron chi connectivity index (χ3n) is 3.84. The predicted molar refractivity (Wildman–Crippen MR) is 93.6 cm³/mol. The monoisotopic (exact) mass is 351 g/mol. The third kappa shape index (κ3) is 3.04. The Morgan fingerprint density at radius 2 is 1.72 bits per heavy atom. The Labute approximate surface area is 149 Å². The Balaban J connectivity index is 1.64. The van der Waals surface area contributed by atoms with Crippen LogP contribution in [0.4, 0.5) is 0 Å². The summed E-state index contributed by atoms with van der Waals surface area (Å²) in [5.74, 6) is 0.884. The molecule has 0 fully saturated rings. The SMILES string of the molecule is Cc1c(-c2nnc(Cc3ccccc3)o2)nnn1-c1ccccc1Cl. The molecule has 0 saturated carbocycles. The lowest BCUT2D eigenvalue weighted by Crippen LogP contribution is -1.99. The lowest BCUT2D eigenvalue weighted by molar-refractivity contribution is 0.516. The lowest BCUT2D eigenvalue weighted by Gasteiger charge is -2.04. The van der Waals surface area contributed by atoms with Gasteiger partial charge in [-0.25, -0.2) is 4.68 Å². The van der Waals surface area contributed by atoms with Crippen LogP contribution in [0.25, 0.3) is 17.3 Å². The first-order chi connectivity index (χ1) is 12.2. The Hall–Kier alpha value is -2.99. The molecule has 2 aromatic heterocycles. The average Bonchev–Trinajstić information content (AvgIpc) is 3.23. The van der Waals surface area contributed by atoms with Crippen LogP contribution in [0.5, 0.6) is 0 Å². The zero-order valence-corrected chi connectivity index (χ0v) is 14.2. The van der Waals surface area contributed by atoms with E-state index in [2.05, 4.69) is 20.5 Å². The Morgan fingerprint density at radius 1 is 0.960 bits per heavy atom. The van der Waals surface area contributed by atoms with E-state index in [1.165, 1.54) is 0 Å². The highest BCUT2D eigenvalue weighted by molar-refractivity contribution is 6.32. The van der Waals surface area contributed by atoms with Crippen LogP contribution >= 0.6 is 11.6 Å². The molecule has 0 spiro atoms. The zero-order chi connectivity index (χ0) is 17.2. The van der Waals surface area contributed by atoms with Crippen LogP contribution < -0.4 is 0 Å². The molecular weight excluding hydrogens is 338 g/mol. The summed E-state index contributed by atoms with van der Waals surface area (Å²) in [7, 11) is 0. The molecule has 0 aliphatic heterocycles. The van der Waals surface area contributed by atoms with Gasteiger partial charge in [0, 0.05) is 0 Å². The van der Waals surface area contributed by atoms with Crippen molar-refractivity contribution in [3.8, 4) is 17.3 Å². The minimum Gasteiger partial charge on any atom is -0.419 e. The molecule has 0 N–H and O–H groups in total. The van der Waals surface area contributed by atoms with Crippen molar-refractivity contribution >= 4 is 11.6 Å². The van der Waals surface area contributed by atoms with Gasteiger partial charge < -0.3 is 4.42 Å². The number of halogens is 1. The van der Waals surface area contributed by atoms with Crippen LogP contribution in [0.3, 0.4) is 0 Å². The Kier molecular flexibility index (Phi) is 4.03. The third-order valence-corrected chi connectivity index (χ3v) is 4.16. The average molecular weight is 352 g/mol. The second kappa shape index (κ2) is 6.49. The van der Waals surface area contributed by atoms with E-state index in [1.807, 2.05) is 61.5 Å². The predicted octanol–water partition coefficient (Wildman–Crippen LogP) is 3.87. The molecule has 0 aliphatic carbocycles. The largest absolute Gasteiger partial charge is 0.419 e. The van der Waals surface area contributed by atoms with E-state index in [9.17, 15) is 0 Å². The molecule has 0 amide bonds. The number of nitrogens with zero attached hydrogens (tertiary/aromatic N) is 5. The molecule has 4 aromatic rings. The number of hydrogen-bond donors (Lipinski definition) is 0. The van der Waals surface area contributed by atoms with Gasteiger partial charge in [-0.15, -0.1) is 15.3 Å². The molecule has 2 heterocycles. The fraction of sp³-hybridized carbons (Fsp3) is 0.111. The quantitative estimate of drug-likeness (QED) is 0.558. The van der Waals surface area contributed by atoms with Gasteiger partial charge in [-0.3, -0.25) is 0 Å². The molecular formula is C18H14ClN5O. The maximum absolute atomic E-state index is 6.24. The Bertz CT molecular complexity index is 1010. The van der Waals surface area contributed by atoms with E-state index in [0.717, 1.165) is 16.9 Å². The van der Waals surface area contributed by atoms with Gasteiger partial charge in [0.15, 0.2) is 5.69 Å². The van der Waals surface area contributed by atoms with Crippen molar-refractivity contribution < 1.29 is 4.42 Å². The van der Waals surface area contributed by atoms with Crippen LogP contribution in [-0.4, -0.2) is 25.2 Å². The van der Waals surface area contributed by atoms with Gasteiger partial charge in [-0.1, -0.05) is 59.3 Å². The summed E-state index contributed by atoms with van der Waals surface area (Å²) in [6.07, 6.45) is 0.575. The van der Waals surface area contributed by atoms with Gasteiger partial charge in [0.1, 0.15) is 0 Å². The van der Waals surface area contributed by atoms with Crippen LogP contribution in [0, 0.1) is 6.92 Å². The summed E-state index contributed by atoms with van der Waals surface area (Å²) in [6.45, 7) is 1.89. The normalized spacial score (nSPS) is 11.0. The molecule has 7 heteroatoms. The van der Waals surface area contributed by atoms with E-state index in [0.29, 0.717) is 28.9 Å². The highest BCUT2D eigenvalue weighted by Gasteiger charge is 2.19. The molecule has 4 rings (SSSR count). The fourth-order valence-electron chi connectivity index (χ4n) is 2.57. The zero-order valence-electron chi connectivity index (χ0n) is 13.4. The minimum atomic E-state index is 0.349. The van der Waals surface area contributed by atoms with Crippen LogP contribution in [0.1, 0.15) is 17.1 Å². The van der Waals surface area contributed by atoms with Crippen LogP contribution in [0.15, 0.2) is 59.0 Å². The molecule has 0 atom stereocenters. The second-order valence-corrected chi connectivity index (χ2v) is 5.96. The summed E-state index contributed by atoms with van der Waals surface area (Å²) in [6, 6.07) is 17.4. The van der Waals surface area contributed by atoms with Crippen molar-refractivity contribution in [1.82, 2.24) is 25.2 Å². The highest BCUT2D eigenvalue weighted by Crippen LogP contribution is 2.25. The summed E-state index contributed by atoms with van der Waals surface area (Å²) in [5, 5.41) is 17.2. The standard InChI is InChI=1S/C18H14ClN5O/c1-12-17(21-23-24(12)15-10-6-5-9-14(15)19)18-22-20-16(25-18)11-13-7-3-2-4-8-13/h2-10H,11H2,1H3. The fourth-order valence-corrected chi connectivity index (χ4v) is 2.79. The number of para-hydroxylation sites is 1. The highest BCUT2D eigenvalue weighted by atomic mass is 35.5. The lowest BCUT2D eigenvalue weighted by atomic mass is 10.2. The van der Waals surface area contributed by atoms with Crippen molar-refractivity contribution in [1.29, 1.82) is 0 Å². The van der Waals surface area contributed by atoms with E-state index in [1.54, 1.807) is 4.68 Å². The molecule has 25 heavy (non-hydrogen) atoms. The van der Waals surface area contributed by atoms with Gasteiger partial charge in [0.05, 0.1) is 22.8 Å². The van der Waals surface area contributed by atoms with Crippen molar-refractivity contribution in [2.45, 2.75) is 13.3 Å². The van der Waals surface area contributed by atoms with E-state index < -0.39 is 0 Å². The molecule has 6 nitrogen and oxygen atoms in total. The Morgan fingerprint density at radius 3 is 2.52 bits per heavy atom. The summed E-state index contributed by atoms with van der Waals surface area (Å²) in [5.41, 5.74) is 3.19. The van der Waals surface area contributed by atoms with E-state index in [-0.39, 0.29) is 0 Å². The number of rotatable bonds is 4. The topological polar surface area (TPSA) is 69.6 Å². The second-order valence-electron chi connectivity index (χ2n) is 5.55. The first-order valence-corrected chi connectivity index (χ1v) is 8.14. The summed E-state index contributed by atoms with van der Waals surface area (Å²) in [4.78, 5) is 0. The molecule has 124 valence electrons. The number of benzene rings is 2. The molecule has 0 aliphatic rings. The minimum absolute atomic E-state index is 0.349. The van der Waals surface area contributed by atoms with Crippen molar-refractivity contribution in [3.05, 3.63) is 76.8 Å². The van der Waals surface area contributed by atoms with Crippen LogP contribution in [0.2, 0.25) is 5.02 Å². The first kappa shape index (κ1) is 15.5. The summed E-state index contributed by atoms with van der Waals surface area (Å²) >= 11 is 6.24. The van der Waals surface area contributed by atoms with Gasteiger partial charge >= 0.3 is 0 Å². The molecule has 0 saturated heterocycles. The number of hydrogen-bond acceptors (Lipinski definition) is 5. The smallest absolute Gasteiger partial charge is 0.270 e. The molecule has 0 bridgehead atoms. The van der Waals surface area contributed by atoms with Crippen molar-refractivity contribution in [3.63, 3.8) is 0 Å². The molecule has 2 aromatic carbocycles. The van der Waals surface area contributed by atoms with Gasteiger partial charge in [0.2, 0.25) is 5.89 Å². The maximum atomic E-state index is 6.24. The van der Waals surface area contributed by atoms with Gasteiger partial charge in [0.25, 0.3) is 5.89 Å². The van der Waals surface area contributed by atoms with Crippen molar-refractivity contribution in [2.24, 2.45) is 0 Å². The maximum Gasteiger partial charge on any atom is 0.270 e. The molecule has 0 unspecified atom stereocenters. The molecule has 0 radical (unpaired) electrons. The van der Waals surface area contributed by atoms with Gasteiger partial charge in [-0.2, -0.15) is 0 Å². The van der Waals surface area contributed by atoms with Crippen LogP contribution in [-0.2, 0) is 6.42 Å². The van der Waals surface area contributed by atoms with Gasteiger partial charge in [-0.05, 0) is 24.6 Å². The van der Waals surface area contributed by atoms with Crippen molar-refractivity contribution in [2.75, 3.05) is 0 Å². The number of aromatic nitrogens is 5. The first-order valence-electron chi connectivity index (χ1n) is 7.76. The summed E-state index contributed by atoms with van der Waals surface area (Å²) < 4.78 is 7.43.